The molecule has 6 aromatic carbocycles. The van der Waals surface area contributed by atoms with E-state index in [1.54, 1.807) is 66.5 Å². The summed E-state index contributed by atoms with van der Waals surface area (Å²) < 4.78 is 98.4. The fourth-order valence-electron chi connectivity index (χ4n) is 13.0. The highest BCUT2D eigenvalue weighted by molar-refractivity contribution is 7.89. The average molecular weight is 1320 g/mol. The highest BCUT2D eigenvalue weighted by atomic mass is 32.2. The molecule has 8 aliphatic rings. The molecule has 1 aromatic heterocycles. The zero-order valence-electron chi connectivity index (χ0n) is 51.6. The summed E-state index contributed by atoms with van der Waals surface area (Å²) in [6.45, 7) is 10.6. The highest BCUT2D eigenvalue weighted by Crippen LogP contribution is 2.40. The van der Waals surface area contributed by atoms with E-state index in [1.807, 2.05) is 69.3 Å². The molecule has 0 unspecified atom stereocenters. The van der Waals surface area contributed by atoms with Crippen molar-refractivity contribution in [1.82, 2.24) is 27.6 Å². The van der Waals surface area contributed by atoms with Crippen LogP contribution in [0.2, 0.25) is 0 Å². The molecule has 93 heavy (non-hydrogen) atoms. The monoisotopic (exact) mass is 1320 g/mol. The number of hydrogen-bond donors (Lipinski definition) is 0. The maximum atomic E-state index is 13.1. The Kier molecular flexibility index (Phi) is 18.0. The summed E-state index contributed by atoms with van der Waals surface area (Å²) in [7, 11) is -9.33. The molecule has 8 aliphatic heterocycles. The van der Waals surface area contributed by atoms with Gasteiger partial charge in [-0.05, 0) is 96.6 Å². The highest BCUT2D eigenvalue weighted by Gasteiger charge is 2.46. The molecule has 0 N–H and O–H groups in total. The molecule has 7 aromatic rings. The number of para-hydroxylation sites is 4. The van der Waals surface area contributed by atoms with E-state index in [0.29, 0.717) is 63.8 Å². The molecular weight excluding hydrogens is 1250 g/mol. The topological polar surface area (TPSA) is 235 Å². The number of anilines is 4. The summed E-state index contributed by atoms with van der Waals surface area (Å²) in [5.41, 5.74) is 5.61. The molecule has 0 spiro atoms. The molecule has 26 heteroatoms. The maximum Gasteiger partial charge on any atom is 0.246 e. The van der Waals surface area contributed by atoms with Crippen LogP contribution in [0.1, 0.15) is 5.56 Å². The van der Waals surface area contributed by atoms with E-state index in [4.69, 9.17) is 13.9 Å². The van der Waals surface area contributed by atoms with Crippen LogP contribution in [0, 0.1) is 17.8 Å². The van der Waals surface area contributed by atoms with E-state index in [1.165, 1.54) is 30.9 Å². The van der Waals surface area contributed by atoms with Crippen LogP contribution in [0.5, 0.6) is 11.5 Å². The molecule has 488 valence electrons. The summed E-state index contributed by atoms with van der Waals surface area (Å²) in [6.07, 6.45) is 1.75. The Bertz CT molecular complexity index is 4240. The fraction of sp³-hybridized carbons (Fsp3) is 0.373. The number of sulfonamides is 3. The third kappa shape index (κ3) is 13.0. The number of fused-ring (bicyclic) bond motifs is 3. The van der Waals surface area contributed by atoms with Gasteiger partial charge < -0.3 is 48.2 Å². The zero-order valence-corrected chi connectivity index (χ0v) is 54.0. The number of likely N-dealkylation sites (N-methyl/N-ethyl adjacent to an activating group) is 1. The van der Waals surface area contributed by atoms with Crippen LogP contribution in [-0.4, -0.2) is 215 Å². The molecular formula is C67H74N10O13S3. The van der Waals surface area contributed by atoms with Crippen molar-refractivity contribution in [3.05, 3.63) is 163 Å². The third-order valence-electron chi connectivity index (χ3n) is 18.7. The third-order valence-corrected chi connectivity index (χ3v) is 24.2. The van der Waals surface area contributed by atoms with Gasteiger partial charge in [0, 0.05) is 153 Å². The number of carbonyl (C=O) groups is 4. The first-order chi connectivity index (χ1) is 44.9. The summed E-state index contributed by atoms with van der Waals surface area (Å²) in [4.78, 5) is 65.0. The van der Waals surface area contributed by atoms with E-state index < -0.39 is 30.1 Å². The second kappa shape index (κ2) is 26.5. The number of furan rings is 1. The van der Waals surface area contributed by atoms with E-state index in [-0.39, 0.29) is 108 Å². The minimum atomic E-state index is -3.74. The number of carbonyl (C=O) groups excluding carboxylic acids is 4. The first-order valence-electron chi connectivity index (χ1n) is 31.4. The lowest BCUT2D eigenvalue weighted by Gasteiger charge is -2.42. The van der Waals surface area contributed by atoms with Crippen molar-refractivity contribution in [2.75, 3.05) is 158 Å². The Morgan fingerprint density at radius 3 is 1.32 bits per heavy atom. The van der Waals surface area contributed by atoms with Gasteiger partial charge in [-0.3, -0.25) is 19.2 Å². The van der Waals surface area contributed by atoms with Crippen LogP contribution in [0.3, 0.4) is 0 Å². The molecule has 6 fully saturated rings. The molecule has 9 heterocycles. The molecule has 0 atom stereocenters. The summed E-state index contributed by atoms with van der Waals surface area (Å²) in [6, 6.07) is 46.7. The van der Waals surface area contributed by atoms with Gasteiger partial charge in [0.15, 0.2) is 11.5 Å². The molecule has 6 saturated heterocycles. The fourth-order valence-corrected chi connectivity index (χ4v) is 17.8. The van der Waals surface area contributed by atoms with Crippen molar-refractivity contribution in [2.24, 2.45) is 17.8 Å². The second-order valence-corrected chi connectivity index (χ2v) is 30.1. The van der Waals surface area contributed by atoms with E-state index >= 15 is 0 Å². The number of amides is 4. The van der Waals surface area contributed by atoms with Gasteiger partial charge in [0.25, 0.3) is 0 Å². The largest absolute Gasteiger partial charge is 0.486 e. The van der Waals surface area contributed by atoms with Gasteiger partial charge in [0.2, 0.25) is 53.7 Å². The SMILES string of the molecule is CN1C(=O)Cc2cc(S(=O)(=O)N3CC(C(=O)N4CCN(c5ccccc5)CC4)C3)ccc21.O=C(C1CN(S(=O)(=O)c2ccc3occc3c2)C1)N1CCN(c2ccccc2)CC1.O=C(C1CN(S(=O)(=O)c2cccc3c2OCCO3)C1)N1CCN(c2ccccc2)CC1. The van der Waals surface area contributed by atoms with Crippen LogP contribution in [0.4, 0.5) is 22.7 Å². The molecule has 0 radical (unpaired) electrons. The van der Waals surface area contributed by atoms with Crippen molar-refractivity contribution in [2.45, 2.75) is 21.1 Å². The van der Waals surface area contributed by atoms with Gasteiger partial charge in [-0.15, -0.1) is 0 Å². The molecule has 0 aliphatic carbocycles. The lowest BCUT2D eigenvalue weighted by atomic mass is 10.0. The number of benzene rings is 6. The van der Waals surface area contributed by atoms with Gasteiger partial charge >= 0.3 is 0 Å². The van der Waals surface area contributed by atoms with Crippen molar-refractivity contribution in [3.8, 4) is 11.5 Å². The lowest BCUT2D eigenvalue weighted by Crippen LogP contribution is -2.59. The van der Waals surface area contributed by atoms with Crippen LogP contribution in [0.25, 0.3) is 11.0 Å². The van der Waals surface area contributed by atoms with Crippen molar-refractivity contribution < 1.29 is 58.3 Å². The number of rotatable bonds is 12. The first-order valence-corrected chi connectivity index (χ1v) is 35.7. The lowest BCUT2D eigenvalue weighted by molar-refractivity contribution is -0.140. The molecule has 23 nitrogen and oxygen atoms in total. The normalized spacial score (nSPS) is 19.4. The Morgan fingerprint density at radius 1 is 0.441 bits per heavy atom. The molecule has 0 bridgehead atoms. The minimum absolute atomic E-state index is 0.0327. The van der Waals surface area contributed by atoms with Crippen molar-refractivity contribution >= 4 is 87.4 Å². The number of piperazine rings is 3. The Hall–Kier alpha value is -8.53. The molecule has 0 saturated carbocycles. The Balaban J connectivity index is 0.000000127. The average Bonchev–Trinajstić information content (AvgIpc) is 1.33. The van der Waals surface area contributed by atoms with E-state index in [0.717, 1.165) is 67.3 Å². The van der Waals surface area contributed by atoms with E-state index in [2.05, 4.69) is 51.1 Å². The van der Waals surface area contributed by atoms with Crippen molar-refractivity contribution in [3.63, 3.8) is 0 Å². The molecule has 15 rings (SSSR count). The van der Waals surface area contributed by atoms with E-state index in [9.17, 15) is 44.4 Å². The van der Waals surface area contributed by atoms with Crippen LogP contribution < -0.4 is 29.1 Å². The predicted molar refractivity (Wildman–Crippen MR) is 350 cm³/mol. The first kappa shape index (κ1) is 63.2. The predicted octanol–water partition coefficient (Wildman–Crippen LogP) is 5.00. The molecule has 4 amide bonds. The number of hydrogen-bond acceptors (Lipinski definition) is 16. The van der Waals surface area contributed by atoms with Crippen LogP contribution in [-0.2, 0) is 55.7 Å². The van der Waals surface area contributed by atoms with Gasteiger partial charge in [0.05, 0.1) is 40.2 Å². The zero-order chi connectivity index (χ0) is 64.6. The standard InChI is InChI=1S/C23H26N4O4S.C22H25N3O5S.C22H23N3O4S/c1-24-21-8-7-20(13-17(21)14-22(24)28)32(30,31)27-15-18(16-27)23(29)26-11-9-25(10-12-26)19-5-3-2-4-6-19;26-22(24-11-9-23(10-12-24)18-5-2-1-3-6-18)17-15-25(16-17)31(27,28)20-8-4-7-19-21(20)30-14-13-29-19;26-22(24-11-9-23(10-12-24)19-4-2-1-3-5-19)18-15-25(16-18)30(27,28)20-6-7-21-17(14-20)8-13-29-21/h2-8,13,18H,9-12,14-16H2,1H3;1-8,17H,9-16H2;1-8,13-14,18H,9-12,15-16H2. The van der Waals surface area contributed by atoms with Gasteiger partial charge in [-0.1, -0.05) is 60.7 Å². The quantitative estimate of drug-likeness (QED) is 0.157. The summed E-state index contributed by atoms with van der Waals surface area (Å²) in [5, 5.41) is 0.750. The minimum Gasteiger partial charge on any atom is -0.486 e. The smallest absolute Gasteiger partial charge is 0.246 e. The maximum absolute atomic E-state index is 13.1. The second-order valence-electron chi connectivity index (χ2n) is 24.3. The summed E-state index contributed by atoms with van der Waals surface area (Å²) >= 11 is 0. The summed E-state index contributed by atoms with van der Waals surface area (Å²) in [5.74, 6) is -0.0712. The Morgan fingerprint density at radius 2 is 0.860 bits per heavy atom. The number of nitrogens with zero attached hydrogens (tertiary/aromatic N) is 10. The number of ether oxygens (including phenoxy) is 2. The Labute approximate surface area is 541 Å². The van der Waals surface area contributed by atoms with Gasteiger partial charge in [-0.2, -0.15) is 12.9 Å². The van der Waals surface area contributed by atoms with Gasteiger partial charge in [-0.25, -0.2) is 25.3 Å². The van der Waals surface area contributed by atoms with Crippen LogP contribution >= 0.6 is 0 Å². The van der Waals surface area contributed by atoms with Gasteiger partial charge in [0.1, 0.15) is 23.7 Å². The van der Waals surface area contributed by atoms with Crippen LogP contribution in [0.15, 0.2) is 177 Å². The van der Waals surface area contributed by atoms with Crippen molar-refractivity contribution in [1.29, 1.82) is 0 Å².